The molecule has 1 N–H and O–H groups in total. The number of hydrogen-bond donors (Lipinski definition) is 1. The van der Waals surface area contributed by atoms with Crippen LogP contribution in [0.1, 0.15) is 0 Å². The predicted octanol–water partition coefficient (Wildman–Crippen LogP) is 3.71. The van der Waals surface area contributed by atoms with Crippen LogP contribution in [0.15, 0.2) is 77.6 Å². The summed E-state index contributed by atoms with van der Waals surface area (Å²) in [5.74, 6) is 0.228. The van der Waals surface area contributed by atoms with Crippen LogP contribution in [-0.4, -0.2) is 17.1 Å². The van der Waals surface area contributed by atoms with Gasteiger partial charge in [0.1, 0.15) is 5.75 Å². The Balaban J connectivity index is 1.60. The Labute approximate surface area is 155 Å². The average molecular weight is 358 g/mol. The maximum Gasteiger partial charge on any atom is 0.262 e. The second kappa shape index (κ2) is 6.96. The number of pyridine rings is 1. The molecular weight excluding hydrogens is 340 g/mol. The minimum atomic E-state index is -0.257. The third kappa shape index (κ3) is 3.27. The molecule has 27 heavy (non-hydrogen) atoms. The van der Waals surface area contributed by atoms with Crippen LogP contribution in [0, 0.1) is 0 Å². The summed E-state index contributed by atoms with van der Waals surface area (Å²) in [6.45, 7) is -0.131. The summed E-state index contributed by atoms with van der Waals surface area (Å²) in [6.07, 6.45) is 0. The standard InChI is InChI=1S/C22H18N2O3/c1-24-19-10-6-5-9-17(19)22(26)18-13-16(11-12-20(18)24)27-14-21(25)23-15-7-3-2-4-8-15/h2-13H,14H2,1H3,(H,23,25). The Morgan fingerprint density at radius 1 is 0.926 bits per heavy atom. The Bertz CT molecular complexity index is 1200. The average Bonchev–Trinajstić information content (AvgIpc) is 2.71. The zero-order valence-corrected chi connectivity index (χ0v) is 14.8. The number of aryl methyl sites for hydroxylation is 1. The molecule has 5 nitrogen and oxygen atoms in total. The summed E-state index contributed by atoms with van der Waals surface area (Å²) in [4.78, 5) is 24.9. The van der Waals surface area contributed by atoms with E-state index in [1.54, 1.807) is 12.1 Å². The summed E-state index contributed by atoms with van der Waals surface area (Å²) in [5.41, 5.74) is 2.37. The fourth-order valence-corrected chi connectivity index (χ4v) is 3.18. The van der Waals surface area contributed by atoms with Crippen LogP contribution in [-0.2, 0) is 11.8 Å². The van der Waals surface area contributed by atoms with E-state index in [-0.39, 0.29) is 17.9 Å². The first-order valence-corrected chi connectivity index (χ1v) is 8.63. The number of anilines is 1. The van der Waals surface area contributed by atoms with Gasteiger partial charge in [-0.1, -0.05) is 30.3 Å². The number of fused-ring (bicyclic) bond motifs is 2. The molecule has 0 aliphatic carbocycles. The summed E-state index contributed by atoms with van der Waals surface area (Å²) >= 11 is 0. The molecule has 4 aromatic rings. The molecule has 5 heteroatoms. The topological polar surface area (TPSA) is 60.3 Å². The van der Waals surface area contributed by atoms with E-state index in [9.17, 15) is 9.59 Å². The summed E-state index contributed by atoms with van der Waals surface area (Å²) in [7, 11) is 1.93. The molecule has 0 spiro atoms. The number of para-hydroxylation sites is 2. The Morgan fingerprint density at radius 3 is 2.44 bits per heavy atom. The molecule has 0 unspecified atom stereocenters. The molecule has 0 atom stereocenters. The molecule has 0 fully saturated rings. The molecule has 0 bridgehead atoms. The van der Waals surface area contributed by atoms with Crippen molar-refractivity contribution in [3.05, 3.63) is 83.0 Å². The highest BCUT2D eigenvalue weighted by molar-refractivity contribution is 5.94. The first kappa shape index (κ1) is 16.8. The second-order valence-electron chi connectivity index (χ2n) is 6.29. The highest BCUT2D eigenvalue weighted by Gasteiger charge is 2.10. The van der Waals surface area contributed by atoms with Crippen molar-refractivity contribution in [3.63, 3.8) is 0 Å². The molecule has 1 amide bonds. The summed E-state index contributed by atoms with van der Waals surface area (Å²) in [6, 6.07) is 22.0. The lowest BCUT2D eigenvalue weighted by atomic mass is 10.1. The first-order valence-electron chi connectivity index (χ1n) is 8.63. The number of hydrogen-bond acceptors (Lipinski definition) is 3. The maximum atomic E-state index is 12.8. The monoisotopic (exact) mass is 358 g/mol. The van der Waals surface area contributed by atoms with Crippen molar-refractivity contribution in [3.8, 4) is 5.75 Å². The molecule has 0 radical (unpaired) electrons. The fourth-order valence-electron chi connectivity index (χ4n) is 3.18. The maximum absolute atomic E-state index is 12.8. The van der Waals surface area contributed by atoms with Crippen LogP contribution in [0.5, 0.6) is 5.75 Å². The highest BCUT2D eigenvalue weighted by atomic mass is 16.5. The lowest BCUT2D eigenvalue weighted by molar-refractivity contribution is -0.118. The fraction of sp³-hybridized carbons (Fsp3) is 0.0909. The van der Waals surface area contributed by atoms with Crippen molar-refractivity contribution in [1.29, 1.82) is 0 Å². The number of nitrogens with one attached hydrogen (secondary N) is 1. The number of carbonyl (C=O) groups excluding carboxylic acids is 1. The zero-order valence-electron chi connectivity index (χ0n) is 14.8. The van der Waals surface area contributed by atoms with E-state index in [1.807, 2.05) is 72.3 Å². The van der Waals surface area contributed by atoms with Gasteiger partial charge in [-0.05, 0) is 42.5 Å². The lowest BCUT2D eigenvalue weighted by Gasteiger charge is -2.12. The largest absolute Gasteiger partial charge is 0.484 e. The van der Waals surface area contributed by atoms with Crippen LogP contribution in [0.4, 0.5) is 5.69 Å². The van der Waals surface area contributed by atoms with E-state index in [0.717, 1.165) is 11.0 Å². The van der Waals surface area contributed by atoms with Gasteiger partial charge in [0.25, 0.3) is 5.91 Å². The summed E-state index contributed by atoms with van der Waals surface area (Å²) < 4.78 is 7.58. The SMILES string of the molecule is Cn1c2ccccc2c(=O)c2cc(OCC(=O)Nc3ccccc3)ccc21. The second-order valence-corrected chi connectivity index (χ2v) is 6.29. The van der Waals surface area contributed by atoms with Crippen molar-refractivity contribution in [2.75, 3.05) is 11.9 Å². The minimum Gasteiger partial charge on any atom is -0.484 e. The molecule has 0 aliphatic rings. The number of nitrogens with zero attached hydrogens (tertiary/aromatic N) is 1. The van der Waals surface area contributed by atoms with Crippen molar-refractivity contribution in [2.45, 2.75) is 0 Å². The smallest absolute Gasteiger partial charge is 0.262 e. The quantitative estimate of drug-likeness (QED) is 0.566. The lowest BCUT2D eigenvalue weighted by Crippen LogP contribution is -2.20. The van der Waals surface area contributed by atoms with E-state index < -0.39 is 0 Å². The van der Waals surface area contributed by atoms with Gasteiger partial charge in [0.05, 0.1) is 11.0 Å². The molecule has 4 rings (SSSR count). The molecule has 0 saturated heterocycles. The van der Waals surface area contributed by atoms with Crippen LogP contribution >= 0.6 is 0 Å². The van der Waals surface area contributed by atoms with Crippen molar-refractivity contribution in [2.24, 2.45) is 7.05 Å². The van der Waals surface area contributed by atoms with Crippen LogP contribution < -0.4 is 15.5 Å². The predicted molar refractivity (Wildman–Crippen MR) is 107 cm³/mol. The van der Waals surface area contributed by atoms with Crippen LogP contribution in [0.2, 0.25) is 0 Å². The van der Waals surface area contributed by atoms with Crippen molar-refractivity contribution < 1.29 is 9.53 Å². The molecule has 3 aromatic carbocycles. The van der Waals surface area contributed by atoms with Crippen LogP contribution in [0.25, 0.3) is 21.8 Å². The van der Waals surface area contributed by atoms with Gasteiger partial charge in [-0.25, -0.2) is 0 Å². The third-order valence-electron chi connectivity index (χ3n) is 4.51. The zero-order chi connectivity index (χ0) is 18.8. The van der Waals surface area contributed by atoms with Crippen molar-refractivity contribution >= 4 is 33.4 Å². The van der Waals surface area contributed by atoms with Gasteiger partial charge in [0.15, 0.2) is 12.0 Å². The number of rotatable bonds is 4. The number of benzene rings is 3. The molecule has 0 saturated carbocycles. The summed E-state index contributed by atoms with van der Waals surface area (Å²) in [5, 5.41) is 3.99. The van der Waals surface area contributed by atoms with Gasteiger partial charge in [0, 0.05) is 23.5 Å². The number of aromatic nitrogens is 1. The molecular formula is C22H18N2O3. The van der Waals surface area contributed by atoms with E-state index in [0.29, 0.717) is 22.2 Å². The van der Waals surface area contributed by atoms with Gasteiger partial charge in [0.2, 0.25) is 0 Å². The van der Waals surface area contributed by atoms with E-state index >= 15 is 0 Å². The normalized spacial score (nSPS) is 10.9. The third-order valence-corrected chi connectivity index (χ3v) is 4.51. The van der Waals surface area contributed by atoms with E-state index in [1.165, 1.54) is 0 Å². The minimum absolute atomic E-state index is 0.0436. The number of amides is 1. The number of ether oxygens (including phenoxy) is 1. The van der Waals surface area contributed by atoms with Crippen LogP contribution in [0.3, 0.4) is 0 Å². The van der Waals surface area contributed by atoms with Gasteiger partial charge < -0.3 is 14.6 Å². The van der Waals surface area contributed by atoms with E-state index in [2.05, 4.69) is 5.32 Å². The number of carbonyl (C=O) groups is 1. The Hall–Kier alpha value is -3.60. The van der Waals surface area contributed by atoms with Crippen molar-refractivity contribution in [1.82, 2.24) is 4.57 Å². The molecule has 0 aliphatic heterocycles. The molecule has 134 valence electrons. The van der Waals surface area contributed by atoms with Gasteiger partial charge in [-0.15, -0.1) is 0 Å². The van der Waals surface area contributed by atoms with E-state index in [4.69, 9.17) is 4.74 Å². The molecule has 1 heterocycles. The highest BCUT2D eigenvalue weighted by Crippen LogP contribution is 2.22. The molecule has 1 aromatic heterocycles. The first-order chi connectivity index (χ1) is 13.1. The van der Waals surface area contributed by atoms with Gasteiger partial charge >= 0.3 is 0 Å². The Morgan fingerprint density at radius 2 is 1.63 bits per heavy atom. The van der Waals surface area contributed by atoms with Gasteiger partial charge in [-0.2, -0.15) is 0 Å². The Kier molecular flexibility index (Phi) is 4.34. The van der Waals surface area contributed by atoms with Gasteiger partial charge in [-0.3, -0.25) is 9.59 Å².